The summed E-state index contributed by atoms with van der Waals surface area (Å²) in [7, 11) is 0. The Morgan fingerprint density at radius 1 is 0.254 bits per heavy atom. The van der Waals surface area contributed by atoms with E-state index in [4.69, 9.17) is 0 Å². The molecule has 0 saturated carbocycles. The highest BCUT2D eigenvalue weighted by Crippen LogP contribution is 2.53. The van der Waals surface area contributed by atoms with Crippen molar-refractivity contribution in [1.82, 2.24) is 0 Å². The lowest BCUT2D eigenvalue weighted by Gasteiger charge is -2.23. The van der Waals surface area contributed by atoms with Crippen molar-refractivity contribution in [1.29, 1.82) is 0 Å². The number of rotatable bonds is 2. The van der Waals surface area contributed by atoms with Crippen molar-refractivity contribution in [2.24, 2.45) is 0 Å². The smallest absolute Gasteiger partial charge is 0.0159 e. The largest absolute Gasteiger partial charge is 0.0616 e. The molecular formula is C59H38. The SMILES string of the molecule is CC1(C)c2cc(-c3cc4c5ccccc5c(-c5c6ccccc6cc6ccccc56)cc4c4ccccc34)ccc2-c2cc3c4ccccc4c4ccccc4c3cc21. The zero-order chi connectivity index (χ0) is 39.0. The lowest BCUT2D eigenvalue weighted by Crippen LogP contribution is -2.15. The molecule has 0 bridgehead atoms. The number of benzene rings is 12. The van der Waals surface area contributed by atoms with Gasteiger partial charge in [0, 0.05) is 5.41 Å². The van der Waals surface area contributed by atoms with Crippen LogP contribution in [-0.4, -0.2) is 0 Å². The molecule has 0 amide bonds. The van der Waals surface area contributed by atoms with E-state index in [2.05, 4.69) is 208 Å². The van der Waals surface area contributed by atoms with Gasteiger partial charge in [0.2, 0.25) is 0 Å². The number of fused-ring (bicyclic) bond motifs is 16. The van der Waals surface area contributed by atoms with Crippen LogP contribution >= 0.6 is 0 Å². The maximum Gasteiger partial charge on any atom is 0.0159 e. The van der Waals surface area contributed by atoms with Gasteiger partial charge < -0.3 is 0 Å². The fraction of sp³-hybridized carbons (Fsp3) is 0.0508. The van der Waals surface area contributed by atoms with Crippen LogP contribution in [0.5, 0.6) is 0 Å². The van der Waals surface area contributed by atoms with Crippen molar-refractivity contribution in [2.45, 2.75) is 19.3 Å². The van der Waals surface area contributed by atoms with E-state index in [1.54, 1.807) is 0 Å². The second kappa shape index (κ2) is 11.9. The molecule has 12 aromatic carbocycles. The monoisotopic (exact) mass is 746 g/mol. The van der Waals surface area contributed by atoms with E-state index in [1.165, 1.54) is 131 Å². The maximum absolute atomic E-state index is 2.51. The molecular weight excluding hydrogens is 709 g/mol. The molecule has 0 unspecified atom stereocenters. The molecule has 0 nitrogen and oxygen atoms in total. The zero-order valence-corrected chi connectivity index (χ0v) is 33.0. The second-order valence-electron chi connectivity index (χ2n) is 17.1. The first-order valence-electron chi connectivity index (χ1n) is 20.8. The first-order valence-corrected chi connectivity index (χ1v) is 20.8. The minimum Gasteiger partial charge on any atom is -0.0616 e. The molecule has 0 fully saturated rings. The minimum atomic E-state index is -0.170. The first kappa shape index (κ1) is 32.8. The Labute approximate surface area is 342 Å². The van der Waals surface area contributed by atoms with Crippen LogP contribution in [0.4, 0.5) is 0 Å². The van der Waals surface area contributed by atoms with Crippen LogP contribution in [-0.2, 0) is 5.41 Å². The molecule has 13 rings (SSSR count). The Balaban J connectivity index is 1.06. The maximum atomic E-state index is 2.51. The van der Waals surface area contributed by atoms with E-state index in [0.717, 1.165) is 0 Å². The summed E-state index contributed by atoms with van der Waals surface area (Å²) in [6.07, 6.45) is 0. The molecule has 0 heteroatoms. The molecule has 0 aromatic heterocycles. The Bertz CT molecular complexity index is 3750. The van der Waals surface area contributed by atoms with Crippen LogP contribution in [0, 0.1) is 0 Å². The lowest BCUT2D eigenvalue weighted by molar-refractivity contribution is 0.661. The Morgan fingerprint density at radius 3 is 1.17 bits per heavy atom. The standard InChI is InChI=1S/C59H38/c1-59(2)56-30-37(27-28-48(56)54-32-51-43-22-10-7-19-40(43)41-20-8-11-23-44(41)53(51)34-57(54)59)49-31-50-46-25-13-14-26-47(46)55(33-52(50)45-24-12-9-21-42(45)49)58-38-17-5-3-15-35(38)29-36-16-4-6-18-39(36)58/h3-34H,1-2H3. The van der Waals surface area contributed by atoms with E-state index >= 15 is 0 Å². The molecule has 0 N–H and O–H groups in total. The fourth-order valence-electron chi connectivity index (χ4n) is 11.0. The molecule has 0 heterocycles. The van der Waals surface area contributed by atoms with Gasteiger partial charge in [-0.25, -0.2) is 0 Å². The van der Waals surface area contributed by atoms with Crippen LogP contribution in [0.15, 0.2) is 194 Å². The van der Waals surface area contributed by atoms with Crippen molar-refractivity contribution in [3.05, 3.63) is 205 Å². The van der Waals surface area contributed by atoms with Crippen molar-refractivity contribution in [3.63, 3.8) is 0 Å². The van der Waals surface area contributed by atoms with E-state index in [-0.39, 0.29) is 5.41 Å². The van der Waals surface area contributed by atoms with Crippen molar-refractivity contribution in [2.75, 3.05) is 0 Å². The molecule has 0 atom stereocenters. The Hall–Kier alpha value is -7.28. The van der Waals surface area contributed by atoms with Crippen molar-refractivity contribution >= 4 is 86.2 Å². The van der Waals surface area contributed by atoms with Crippen LogP contribution in [0.3, 0.4) is 0 Å². The van der Waals surface area contributed by atoms with Crippen LogP contribution in [0.2, 0.25) is 0 Å². The third-order valence-electron chi connectivity index (χ3n) is 13.8. The summed E-state index contributed by atoms with van der Waals surface area (Å²) in [5.74, 6) is 0. The molecule has 1 aliphatic rings. The van der Waals surface area contributed by atoms with Crippen LogP contribution in [0.1, 0.15) is 25.0 Å². The lowest BCUT2D eigenvalue weighted by atomic mass is 9.80. The summed E-state index contributed by atoms with van der Waals surface area (Å²) >= 11 is 0. The molecule has 0 aliphatic heterocycles. The summed E-state index contributed by atoms with van der Waals surface area (Å²) < 4.78 is 0. The van der Waals surface area contributed by atoms with Gasteiger partial charge in [-0.15, -0.1) is 0 Å². The molecule has 12 aromatic rings. The van der Waals surface area contributed by atoms with E-state index in [1.807, 2.05) is 0 Å². The van der Waals surface area contributed by atoms with Gasteiger partial charge in [0.1, 0.15) is 0 Å². The van der Waals surface area contributed by atoms with Gasteiger partial charge in [-0.1, -0.05) is 172 Å². The number of hydrogen-bond acceptors (Lipinski definition) is 0. The molecule has 1 aliphatic carbocycles. The van der Waals surface area contributed by atoms with Gasteiger partial charge in [-0.3, -0.25) is 0 Å². The predicted octanol–water partition coefficient (Wildman–Crippen LogP) is 16.6. The van der Waals surface area contributed by atoms with Crippen molar-refractivity contribution in [3.8, 4) is 33.4 Å². The topological polar surface area (TPSA) is 0 Å². The quantitative estimate of drug-likeness (QED) is 0.122. The third kappa shape index (κ3) is 4.49. The van der Waals surface area contributed by atoms with Crippen molar-refractivity contribution < 1.29 is 0 Å². The van der Waals surface area contributed by atoms with E-state index < -0.39 is 0 Å². The highest BCUT2D eigenvalue weighted by molar-refractivity contribution is 6.28. The average Bonchev–Trinajstić information content (AvgIpc) is 3.51. The van der Waals surface area contributed by atoms with Gasteiger partial charge in [0.05, 0.1) is 0 Å². The van der Waals surface area contributed by atoms with Gasteiger partial charge in [-0.05, 0) is 167 Å². The van der Waals surface area contributed by atoms with Crippen LogP contribution in [0.25, 0.3) is 120 Å². The summed E-state index contributed by atoms with van der Waals surface area (Å²) in [5.41, 5.74) is 10.4. The first-order chi connectivity index (χ1) is 29.0. The Kier molecular flexibility index (Phi) is 6.60. The minimum absolute atomic E-state index is 0.170. The van der Waals surface area contributed by atoms with Gasteiger partial charge in [0.25, 0.3) is 0 Å². The summed E-state index contributed by atoms with van der Waals surface area (Å²) in [4.78, 5) is 0. The van der Waals surface area contributed by atoms with Gasteiger partial charge >= 0.3 is 0 Å². The zero-order valence-electron chi connectivity index (χ0n) is 33.0. The summed E-state index contributed by atoms with van der Waals surface area (Å²) in [6.45, 7) is 4.84. The second-order valence-corrected chi connectivity index (χ2v) is 17.1. The predicted molar refractivity (Wildman–Crippen MR) is 255 cm³/mol. The van der Waals surface area contributed by atoms with E-state index in [9.17, 15) is 0 Å². The number of hydrogen-bond donors (Lipinski definition) is 0. The highest BCUT2D eigenvalue weighted by atomic mass is 14.4. The molecule has 274 valence electrons. The molecule has 0 saturated heterocycles. The molecule has 0 radical (unpaired) electrons. The summed E-state index contributed by atoms with van der Waals surface area (Å²) in [5, 5.41) is 20.7. The summed E-state index contributed by atoms with van der Waals surface area (Å²) in [6, 6.07) is 73.2. The van der Waals surface area contributed by atoms with Gasteiger partial charge in [-0.2, -0.15) is 0 Å². The fourth-order valence-corrected chi connectivity index (χ4v) is 11.0. The normalized spacial score (nSPS) is 13.4. The highest BCUT2D eigenvalue weighted by Gasteiger charge is 2.36. The van der Waals surface area contributed by atoms with Gasteiger partial charge in [0.15, 0.2) is 0 Å². The molecule has 0 spiro atoms. The van der Waals surface area contributed by atoms with E-state index in [0.29, 0.717) is 0 Å². The third-order valence-corrected chi connectivity index (χ3v) is 13.8. The Morgan fingerprint density at radius 2 is 0.627 bits per heavy atom. The average molecular weight is 747 g/mol. The molecule has 59 heavy (non-hydrogen) atoms. The van der Waals surface area contributed by atoms with Crippen LogP contribution < -0.4 is 0 Å².